The molecule has 1 atom stereocenters. The van der Waals surface area contributed by atoms with E-state index >= 15 is 0 Å². The molecule has 4 heteroatoms. The predicted octanol–water partition coefficient (Wildman–Crippen LogP) is 4.07. The highest BCUT2D eigenvalue weighted by atomic mass is 35.5. The number of aliphatic hydroxyl groups excluding tert-OH is 1. The Hall–Kier alpha value is -0.930. The highest BCUT2D eigenvalue weighted by molar-refractivity contribution is 6.32. The number of aliphatic hydroxyl groups is 1. The zero-order chi connectivity index (χ0) is 13.2. The number of rotatable bonds is 2. The summed E-state index contributed by atoms with van der Waals surface area (Å²) in [5, 5.41) is 11.1. The fraction of sp³-hybridized carbons (Fsp3) is 0.600. The van der Waals surface area contributed by atoms with Crippen LogP contribution in [0.2, 0.25) is 5.02 Å². The molecule has 1 aliphatic heterocycles. The molecule has 1 unspecified atom stereocenters. The van der Waals surface area contributed by atoms with Crippen LogP contribution in [0.4, 0.5) is 0 Å². The summed E-state index contributed by atoms with van der Waals surface area (Å²) in [6, 6.07) is 3.67. The van der Waals surface area contributed by atoms with Gasteiger partial charge in [-0.25, -0.2) is 0 Å². The summed E-state index contributed by atoms with van der Waals surface area (Å²) in [6.07, 6.45) is 6.71. The molecule has 3 rings (SSSR count). The number of fused-ring (bicyclic) bond motifs is 1. The quantitative estimate of drug-likeness (QED) is 0.831. The van der Waals surface area contributed by atoms with Crippen LogP contribution in [-0.4, -0.2) is 11.9 Å². The average Bonchev–Trinajstić information content (AvgIpc) is 2.72. The van der Waals surface area contributed by atoms with Crippen molar-refractivity contribution in [1.82, 2.24) is 0 Å². The van der Waals surface area contributed by atoms with Gasteiger partial charge in [-0.3, -0.25) is 0 Å². The molecular weight excluding hydrogens is 264 g/mol. The Morgan fingerprint density at radius 1 is 1.11 bits per heavy atom. The molecule has 104 valence electrons. The Bertz CT molecular complexity index is 453. The van der Waals surface area contributed by atoms with Crippen LogP contribution in [0.5, 0.6) is 11.5 Å². The Kier molecular flexibility index (Phi) is 3.85. The van der Waals surface area contributed by atoms with E-state index in [1.54, 1.807) is 0 Å². The van der Waals surface area contributed by atoms with Gasteiger partial charge in [-0.2, -0.15) is 0 Å². The minimum atomic E-state index is -0.454. The first-order valence-corrected chi connectivity index (χ1v) is 7.40. The summed E-state index contributed by atoms with van der Waals surface area (Å²) >= 11 is 6.17. The maximum Gasteiger partial charge on any atom is 0.231 e. The fourth-order valence-electron chi connectivity index (χ4n) is 3.06. The predicted molar refractivity (Wildman–Crippen MR) is 73.7 cm³/mol. The van der Waals surface area contributed by atoms with E-state index in [1.165, 1.54) is 25.7 Å². The summed E-state index contributed by atoms with van der Waals surface area (Å²) in [5.74, 6) is 1.58. The minimum Gasteiger partial charge on any atom is -0.454 e. The molecule has 0 spiro atoms. The van der Waals surface area contributed by atoms with E-state index in [1.807, 2.05) is 12.1 Å². The highest BCUT2D eigenvalue weighted by Crippen LogP contribution is 2.43. The molecule has 1 N–H and O–H groups in total. The van der Waals surface area contributed by atoms with Crippen molar-refractivity contribution in [1.29, 1.82) is 0 Å². The number of halogens is 1. The smallest absolute Gasteiger partial charge is 0.231 e. The molecule has 0 saturated heterocycles. The van der Waals surface area contributed by atoms with E-state index in [0.29, 0.717) is 22.4 Å². The van der Waals surface area contributed by atoms with Gasteiger partial charge in [0.25, 0.3) is 0 Å². The summed E-state index contributed by atoms with van der Waals surface area (Å²) in [7, 11) is 0. The van der Waals surface area contributed by atoms with Gasteiger partial charge in [0.1, 0.15) is 0 Å². The third-order valence-electron chi connectivity index (χ3n) is 4.14. The molecule has 1 aliphatic carbocycles. The van der Waals surface area contributed by atoms with E-state index in [-0.39, 0.29) is 6.79 Å². The maximum absolute atomic E-state index is 10.6. The fourth-order valence-corrected chi connectivity index (χ4v) is 3.33. The zero-order valence-electron chi connectivity index (χ0n) is 10.9. The maximum atomic E-state index is 10.6. The van der Waals surface area contributed by atoms with Crippen molar-refractivity contribution >= 4 is 11.6 Å². The Morgan fingerprint density at radius 2 is 1.84 bits per heavy atom. The lowest BCUT2D eigenvalue weighted by Gasteiger charge is -2.22. The van der Waals surface area contributed by atoms with Crippen molar-refractivity contribution in [2.24, 2.45) is 5.92 Å². The number of hydrogen-bond acceptors (Lipinski definition) is 3. The first kappa shape index (κ1) is 13.1. The second-order valence-electron chi connectivity index (χ2n) is 5.43. The molecular formula is C15H19ClO3. The van der Waals surface area contributed by atoms with Gasteiger partial charge in [0.15, 0.2) is 11.5 Å². The van der Waals surface area contributed by atoms with Crippen molar-refractivity contribution in [2.45, 2.75) is 44.6 Å². The van der Waals surface area contributed by atoms with Crippen LogP contribution in [0.15, 0.2) is 12.1 Å². The molecule has 0 bridgehead atoms. The van der Waals surface area contributed by atoms with Gasteiger partial charge in [-0.15, -0.1) is 0 Å². The lowest BCUT2D eigenvalue weighted by atomic mass is 9.89. The molecule has 1 heterocycles. The van der Waals surface area contributed by atoms with E-state index in [4.69, 9.17) is 21.1 Å². The van der Waals surface area contributed by atoms with Gasteiger partial charge >= 0.3 is 0 Å². The van der Waals surface area contributed by atoms with Gasteiger partial charge in [0, 0.05) is 0 Å². The van der Waals surface area contributed by atoms with Gasteiger partial charge < -0.3 is 14.6 Å². The standard InChI is InChI=1S/C15H19ClO3/c16-12-7-11(8-13-15(12)19-9-18-13)14(17)10-5-3-1-2-4-6-10/h7-8,10,14,17H,1-6,9H2. The molecule has 1 fully saturated rings. The van der Waals surface area contributed by atoms with Gasteiger partial charge in [-0.05, 0) is 36.5 Å². The van der Waals surface area contributed by atoms with Gasteiger partial charge in [0.05, 0.1) is 11.1 Å². The summed E-state index contributed by atoms with van der Waals surface area (Å²) in [4.78, 5) is 0. The van der Waals surface area contributed by atoms with Crippen LogP contribution < -0.4 is 9.47 Å². The third kappa shape index (κ3) is 2.67. The topological polar surface area (TPSA) is 38.7 Å². The highest BCUT2D eigenvalue weighted by Gasteiger charge is 2.26. The Balaban J connectivity index is 1.83. The largest absolute Gasteiger partial charge is 0.454 e. The minimum absolute atomic E-state index is 0.206. The molecule has 2 aliphatic rings. The SMILES string of the molecule is OC(c1cc(Cl)c2c(c1)OCO2)C1CCCCCC1. The molecule has 0 amide bonds. The van der Waals surface area contributed by atoms with Crippen molar-refractivity contribution in [3.05, 3.63) is 22.7 Å². The molecule has 1 aromatic rings. The van der Waals surface area contributed by atoms with Crippen molar-refractivity contribution < 1.29 is 14.6 Å². The second kappa shape index (κ2) is 5.59. The van der Waals surface area contributed by atoms with E-state index in [2.05, 4.69) is 0 Å². The number of ether oxygens (including phenoxy) is 2. The van der Waals surface area contributed by atoms with E-state index in [9.17, 15) is 5.11 Å². The average molecular weight is 283 g/mol. The first-order valence-electron chi connectivity index (χ1n) is 7.03. The molecule has 1 saturated carbocycles. The van der Waals surface area contributed by atoms with Crippen LogP contribution in [0.25, 0.3) is 0 Å². The van der Waals surface area contributed by atoms with Crippen LogP contribution in [0, 0.1) is 5.92 Å². The lowest BCUT2D eigenvalue weighted by molar-refractivity contribution is 0.0985. The van der Waals surface area contributed by atoms with E-state index in [0.717, 1.165) is 18.4 Å². The number of hydrogen-bond donors (Lipinski definition) is 1. The molecule has 3 nitrogen and oxygen atoms in total. The summed E-state index contributed by atoms with van der Waals surface area (Å²) in [6.45, 7) is 0.206. The van der Waals surface area contributed by atoms with Crippen LogP contribution >= 0.6 is 11.6 Å². The molecule has 19 heavy (non-hydrogen) atoms. The Morgan fingerprint density at radius 3 is 2.58 bits per heavy atom. The summed E-state index contributed by atoms with van der Waals surface area (Å²) < 4.78 is 10.7. The molecule has 0 radical (unpaired) electrons. The van der Waals surface area contributed by atoms with Crippen LogP contribution in [-0.2, 0) is 0 Å². The van der Waals surface area contributed by atoms with E-state index < -0.39 is 6.10 Å². The van der Waals surface area contributed by atoms with Gasteiger partial charge in [0.2, 0.25) is 6.79 Å². The van der Waals surface area contributed by atoms with Gasteiger partial charge in [-0.1, -0.05) is 37.3 Å². The second-order valence-corrected chi connectivity index (χ2v) is 5.84. The zero-order valence-corrected chi connectivity index (χ0v) is 11.7. The monoisotopic (exact) mass is 282 g/mol. The molecule has 1 aromatic carbocycles. The van der Waals surface area contributed by atoms with Crippen LogP contribution in [0.1, 0.15) is 50.2 Å². The Labute approximate surface area is 118 Å². The summed E-state index contributed by atoms with van der Waals surface area (Å²) in [5.41, 5.74) is 0.848. The van der Waals surface area contributed by atoms with Crippen molar-refractivity contribution in [3.8, 4) is 11.5 Å². The van der Waals surface area contributed by atoms with Crippen LogP contribution in [0.3, 0.4) is 0 Å². The molecule has 0 aromatic heterocycles. The van der Waals surface area contributed by atoms with Crippen molar-refractivity contribution in [2.75, 3.05) is 6.79 Å². The third-order valence-corrected chi connectivity index (χ3v) is 4.42. The number of benzene rings is 1. The normalized spacial score (nSPS) is 21.2. The lowest BCUT2D eigenvalue weighted by Crippen LogP contribution is -2.12. The van der Waals surface area contributed by atoms with Crippen molar-refractivity contribution in [3.63, 3.8) is 0 Å². The first-order chi connectivity index (χ1) is 9.25.